The summed E-state index contributed by atoms with van der Waals surface area (Å²) < 4.78 is 5.88. The quantitative estimate of drug-likeness (QED) is 0.518. The van der Waals surface area contributed by atoms with Crippen LogP contribution in [0.25, 0.3) is 11.1 Å². The zero-order valence-corrected chi connectivity index (χ0v) is 16.7. The van der Waals surface area contributed by atoms with Crippen LogP contribution < -0.4 is 15.8 Å². The van der Waals surface area contributed by atoms with Crippen LogP contribution in [0, 0.1) is 0 Å². The Kier molecular flexibility index (Phi) is 7.30. The summed E-state index contributed by atoms with van der Waals surface area (Å²) in [7, 11) is 0. The molecule has 0 saturated heterocycles. The number of primary amides is 1. The molecule has 0 spiro atoms. The van der Waals surface area contributed by atoms with Crippen molar-refractivity contribution in [3.63, 3.8) is 0 Å². The van der Waals surface area contributed by atoms with Gasteiger partial charge in [-0.1, -0.05) is 60.7 Å². The zero-order chi connectivity index (χ0) is 20.5. The summed E-state index contributed by atoms with van der Waals surface area (Å²) in [6, 6.07) is 25.1. The number of nitrogens with one attached hydrogen (secondary N) is 1. The SMILES string of the molecule is NC(=O)CSc1ccccc1NC(=O)CCOc1ccccc1-c1ccccc1. The predicted octanol–water partition coefficient (Wildman–Crippen LogP) is 4.34. The third kappa shape index (κ3) is 6.12. The molecule has 3 N–H and O–H groups in total. The van der Waals surface area contributed by atoms with Gasteiger partial charge in [-0.25, -0.2) is 0 Å². The average Bonchev–Trinajstić information content (AvgIpc) is 2.74. The van der Waals surface area contributed by atoms with Crippen molar-refractivity contribution in [3.05, 3.63) is 78.9 Å². The Morgan fingerprint density at radius 3 is 2.38 bits per heavy atom. The first-order chi connectivity index (χ1) is 14.1. The van der Waals surface area contributed by atoms with Gasteiger partial charge in [0.15, 0.2) is 0 Å². The number of hydrogen-bond acceptors (Lipinski definition) is 4. The largest absolute Gasteiger partial charge is 0.492 e. The van der Waals surface area contributed by atoms with Crippen LogP contribution in [0.3, 0.4) is 0 Å². The second kappa shape index (κ2) is 10.3. The number of hydrogen-bond donors (Lipinski definition) is 2. The van der Waals surface area contributed by atoms with Crippen molar-refractivity contribution >= 4 is 29.3 Å². The van der Waals surface area contributed by atoms with Crippen molar-refractivity contribution in [2.24, 2.45) is 5.73 Å². The normalized spacial score (nSPS) is 10.3. The van der Waals surface area contributed by atoms with Crippen LogP contribution in [-0.2, 0) is 9.59 Å². The lowest BCUT2D eigenvalue weighted by atomic mass is 10.1. The Balaban J connectivity index is 1.57. The molecule has 5 nitrogen and oxygen atoms in total. The van der Waals surface area contributed by atoms with Gasteiger partial charge in [-0.3, -0.25) is 9.59 Å². The number of rotatable bonds is 9. The molecule has 0 bridgehead atoms. The van der Waals surface area contributed by atoms with E-state index in [0.29, 0.717) is 5.69 Å². The van der Waals surface area contributed by atoms with Crippen molar-refractivity contribution in [1.29, 1.82) is 0 Å². The van der Waals surface area contributed by atoms with Gasteiger partial charge in [0.25, 0.3) is 0 Å². The van der Waals surface area contributed by atoms with Gasteiger partial charge in [0.2, 0.25) is 11.8 Å². The second-order valence-electron chi connectivity index (χ2n) is 6.26. The van der Waals surface area contributed by atoms with E-state index >= 15 is 0 Å². The Morgan fingerprint density at radius 1 is 0.897 bits per heavy atom. The number of nitrogens with two attached hydrogens (primary N) is 1. The fourth-order valence-corrected chi connectivity index (χ4v) is 3.51. The number of carbonyl (C=O) groups is 2. The van der Waals surface area contributed by atoms with E-state index in [-0.39, 0.29) is 24.7 Å². The maximum absolute atomic E-state index is 12.4. The van der Waals surface area contributed by atoms with Crippen LogP contribution >= 0.6 is 11.8 Å². The maximum atomic E-state index is 12.4. The van der Waals surface area contributed by atoms with Crippen molar-refractivity contribution in [2.75, 3.05) is 17.7 Å². The highest BCUT2D eigenvalue weighted by atomic mass is 32.2. The molecule has 0 unspecified atom stereocenters. The van der Waals surface area contributed by atoms with Crippen LogP contribution in [0.2, 0.25) is 0 Å². The number of para-hydroxylation sites is 2. The molecule has 0 aliphatic rings. The van der Waals surface area contributed by atoms with Crippen LogP contribution in [0.4, 0.5) is 5.69 Å². The molecule has 0 aromatic heterocycles. The van der Waals surface area contributed by atoms with Gasteiger partial charge in [-0.2, -0.15) is 0 Å². The number of benzene rings is 3. The van der Waals surface area contributed by atoms with E-state index in [1.54, 1.807) is 6.07 Å². The predicted molar refractivity (Wildman–Crippen MR) is 117 cm³/mol. The first-order valence-corrected chi connectivity index (χ1v) is 10.2. The summed E-state index contributed by atoms with van der Waals surface area (Å²) in [4.78, 5) is 24.2. The summed E-state index contributed by atoms with van der Waals surface area (Å²) >= 11 is 1.30. The molecule has 2 amide bonds. The molecule has 0 fully saturated rings. The highest BCUT2D eigenvalue weighted by Gasteiger charge is 2.10. The summed E-state index contributed by atoms with van der Waals surface area (Å²) in [5, 5.41) is 2.87. The number of ether oxygens (including phenoxy) is 1. The first-order valence-electron chi connectivity index (χ1n) is 9.21. The van der Waals surface area contributed by atoms with Gasteiger partial charge in [-0.05, 0) is 23.8 Å². The average molecular weight is 407 g/mol. The first kappa shape index (κ1) is 20.5. The zero-order valence-electron chi connectivity index (χ0n) is 15.8. The molecule has 3 aromatic carbocycles. The summed E-state index contributed by atoms with van der Waals surface area (Å²) in [6.45, 7) is 0.256. The minimum Gasteiger partial charge on any atom is -0.492 e. The van der Waals surface area contributed by atoms with E-state index in [1.807, 2.05) is 72.8 Å². The number of thioether (sulfide) groups is 1. The van der Waals surface area contributed by atoms with E-state index in [1.165, 1.54) is 11.8 Å². The van der Waals surface area contributed by atoms with E-state index < -0.39 is 5.91 Å². The molecule has 0 aliphatic heterocycles. The van der Waals surface area contributed by atoms with E-state index in [2.05, 4.69) is 5.32 Å². The van der Waals surface area contributed by atoms with Crippen LogP contribution in [0.5, 0.6) is 5.75 Å². The molecular weight excluding hydrogens is 384 g/mol. The van der Waals surface area contributed by atoms with Crippen LogP contribution in [0.15, 0.2) is 83.8 Å². The molecule has 3 rings (SSSR count). The Labute approximate surface area is 174 Å². The lowest BCUT2D eigenvalue weighted by molar-refractivity contribution is -0.117. The number of amides is 2. The molecule has 0 aliphatic carbocycles. The fourth-order valence-electron chi connectivity index (χ4n) is 2.76. The third-order valence-electron chi connectivity index (χ3n) is 4.09. The summed E-state index contributed by atoms with van der Waals surface area (Å²) in [6.07, 6.45) is 0.206. The van der Waals surface area contributed by atoms with Gasteiger partial charge >= 0.3 is 0 Å². The number of carbonyl (C=O) groups excluding carboxylic acids is 2. The summed E-state index contributed by atoms with van der Waals surface area (Å²) in [5.41, 5.74) is 7.91. The second-order valence-corrected chi connectivity index (χ2v) is 7.28. The number of anilines is 1. The van der Waals surface area contributed by atoms with Gasteiger partial charge in [-0.15, -0.1) is 11.8 Å². The molecule has 6 heteroatoms. The molecule has 3 aromatic rings. The molecule has 0 heterocycles. The van der Waals surface area contributed by atoms with E-state index in [0.717, 1.165) is 21.8 Å². The topological polar surface area (TPSA) is 81.4 Å². The third-order valence-corrected chi connectivity index (χ3v) is 5.19. The van der Waals surface area contributed by atoms with Gasteiger partial charge in [0.05, 0.1) is 24.5 Å². The molecular formula is C23H22N2O3S. The lowest BCUT2D eigenvalue weighted by Gasteiger charge is -2.13. The van der Waals surface area contributed by atoms with Crippen molar-refractivity contribution < 1.29 is 14.3 Å². The smallest absolute Gasteiger partial charge is 0.227 e. The van der Waals surface area contributed by atoms with E-state index in [9.17, 15) is 9.59 Å². The Morgan fingerprint density at radius 2 is 1.59 bits per heavy atom. The van der Waals surface area contributed by atoms with Gasteiger partial charge in [0, 0.05) is 10.5 Å². The van der Waals surface area contributed by atoms with Crippen molar-refractivity contribution in [3.8, 4) is 16.9 Å². The Hall–Kier alpha value is -3.25. The van der Waals surface area contributed by atoms with Crippen LogP contribution in [-0.4, -0.2) is 24.2 Å². The fraction of sp³-hybridized carbons (Fsp3) is 0.130. The van der Waals surface area contributed by atoms with Crippen molar-refractivity contribution in [2.45, 2.75) is 11.3 Å². The molecule has 29 heavy (non-hydrogen) atoms. The standard InChI is InChI=1S/C23H22N2O3S/c24-22(26)16-29-21-13-7-5-11-19(21)25-23(27)14-15-28-20-12-6-4-10-18(20)17-8-2-1-3-9-17/h1-13H,14-16H2,(H2,24,26)(H,25,27). The monoisotopic (exact) mass is 406 g/mol. The molecule has 0 radical (unpaired) electrons. The molecule has 0 atom stereocenters. The minimum absolute atomic E-state index is 0.158. The highest BCUT2D eigenvalue weighted by Crippen LogP contribution is 2.30. The maximum Gasteiger partial charge on any atom is 0.227 e. The lowest BCUT2D eigenvalue weighted by Crippen LogP contribution is -2.16. The molecule has 0 saturated carbocycles. The van der Waals surface area contributed by atoms with Crippen LogP contribution in [0.1, 0.15) is 6.42 Å². The summed E-state index contributed by atoms with van der Waals surface area (Å²) in [5.74, 6) is 0.339. The van der Waals surface area contributed by atoms with Crippen molar-refractivity contribution in [1.82, 2.24) is 0 Å². The highest BCUT2D eigenvalue weighted by molar-refractivity contribution is 8.00. The molecule has 148 valence electrons. The minimum atomic E-state index is -0.401. The Bertz CT molecular complexity index is 977. The van der Waals surface area contributed by atoms with Gasteiger partial charge in [0.1, 0.15) is 5.75 Å². The van der Waals surface area contributed by atoms with Gasteiger partial charge < -0.3 is 15.8 Å². The van der Waals surface area contributed by atoms with E-state index in [4.69, 9.17) is 10.5 Å².